The molecule has 0 spiro atoms. The van der Waals surface area contributed by atoms with Crippen molar-refractivity contribution in [1.82, 2.24) is 10.6 Å². The third kappa shape index (κ3) is 5.04. The maximum absolute atomic E-state index is 5.24. The third-order valence-electron chi connectivity index (χ3n) is 2.09. The molecule has 3 nitrogen and oxygen atoms in total. The van der Waals surface area contributed by atoms with E-state index in [0.717, 1.165) is 44.8 Å². The van der Waals surface area contributed by atoms with Crippen LogP contribution in [0.4, 0.5) is 0 Å². The first-order valence-electron chi connectivity index (χ1n) is 5.37. The summed E-state index contributed by atoms with van der Waals surface area (Å²) in [6, 6.07) is 3.96. The van der Waals surface area contributed by atoms with Crippen LogP contribution in [0.1, 0.15) is 19.1 Å². The van der Waals surface area contributed by atoms with E-state index in [0.29, 0.717) is 0 Å². The van der Waals surface area contributed by atoms with Gasteiger partial charge in [-0.25, -0.2) is 0 Å². The van der Waals surface area contributed by atoms with Crippen molar-refractivity contribution < 1.29 is 4.42 Å². The number of rotatable bonds is 8. The van der Waals surface area contributed by atoms with Gasteiger partial charge in [0.05, 0.1) is 6.26 Å². The Bertz CT molecular complexity index is 209. The molecule has 3 heteroatoms. The molecule has 0 aliphatic carbocycles. The quantitative estimate of drug-likeness (QED) is 0.617. The highest BCUT2D eigenvalue weighted by molar-refractivity contribution is 4.97. The van der Waals surface area contributed by atoms with Gasteiger partial charge in [-0.2, -0.15) is 0 Å². The highest BCUT2D eigenvalue weighted by Gasteiger charge is 1.94. The lowest BCUT2D eigenvalue weighted by Crippen LogP contribution is -2.27. The lowest BCUT2D eigenvalue weighted by Gasteiger charge is -2.03. The molecule has 0 saturated carbocycles. The topological polar surface area (TPSA) is 37.2 Å². The van der Waals surface area contributed by atoms with Crippen molar-refractivity contribution in [3.8, 4) is 0 Å². The van der Waals surface area contributed by atoms with Gasteiger partial charge in [-0.1, -0.05) is 6.92 Å². The molecule has 0 atom stereocenters. The second kappa shape index (κ2) is 7.59. The molecule has 80 valence electrons. The molecule has 1 aromatic heterocycles. The molecule has 14 heavy (non-hydrogen) atoms. The van der Waals surface area contributed by atoms with E-state index in [1.165, 1.54) is 0 Å². The summed E-state index contributed by atoms with van der Waals surface area (Å²) in [5, 5.41) is 6.65. The smallest absolute Gasteiger partial charge is 0.103 e. The minimum Gasteiger partial charge on any atom is -0.469 e. The number of aryl methyl sites for hydroxylation is 1. The van der Waals surface area contributed by atoms with Gasteiger partial charge in [0.2, 0.25) is 0 Å². The monoisotopic (exact) mass is 196 g/mol. The van der Waals surface area contributed by atoms with Crippen LogP contribution >= 0.6 is 0 Å². The van der Waals surface area contributed by atoms with E-state index >= 15 is 0 Å². The van der Waals surface area contributed by atoms with Gasteiger partial charge in [0, 0.05) is 19.5 Å². The highest BCUT2D eigenvalue weighted by atomic mass is 16.3. The average Bonchev–Trinajstić information content (AvgIpc) is 2.69. The van der Waals surface area contributed by atoms with Gasteiger partial charge in [-0.15, -0.1) is 0 Å². The maximum atomic E-state index is 5.24. The number of likely N-dealkylation sites (N-methyl/N-ethyl adjacent to an activating group) is 1. The molecule has 0 amide bonds. The van der Waals surface area contributed by atoms with Crippen LogP contribution in [0.15, 0.2) is 22.8 Å². The summed E-state index contributed by atoms with van der Waals surface area (Å²) in [6.07, 6.45) is 3.90. The molecule has 0 aliphatic heterocycles. The maximum Gasteiger partial charge on any atom is 0.103 e. The third-order valence-corrected chi connectivity index (χ3v) is 2.09. The van der Waals surface area contributed by atoms with E-state index in [2.05, 4.69) is 17.6 Å². The molecule has 0 fully saturated rings. The first-order chi connectivity index (χ1) is 6.93. The molecule has 1 aromatic rings. The Kier molecular flexibility index (Phi) is 6.11. The summed E-state index contributed by atoms with van der Waals surface area (Å²) in [5.74, 6) is 1.08. The Morgan fingerprint density at radius 1 is 1.21 bits per heavy atom. The van der Waals surface area contributed by atoms with Crippen LogP contribution in [0.2, 0.25) is 0 Å². The van der Waals surface area contributed by atoms with Gasteiger partial charge >= 0.3 is 0 Å². The molecule has 0 unspecified atom stereocenters. The highest BCUT2D eigenvalue weighted by Crippen LogP contribution is 2.02. The summed E-state index contributed by atoms with van der Waals surface area (Å²) in [7, 11) is 0. The van der Waals surface area contributed by atoms with Crippen LogP contribution in [-0.4, -0.2) is 26.2 Å². The van der Waals surface area contributed by atoms with E-state index in [-0.39, 0.29) is 0 Å². The van der Waals surface area contributed by atoms with Gasteiger partial charge in [0.25, 0.3) is 0 Å². The van der Waals surface area contributed by atoms with Crippen LogP contribution in [0.25, 0.3) is 0 Å². The fourth-order valence-corrected chi connectivity index (χ4v) is 1.32. The zero-order valence-corrected chi connectivity index (χ0v) is 8.88. The molecular weight excluding hydrogens is 176 g/mol. The Balaban J connectivity index is 1.85. The van der Waals surface area contributed by atoms with Crippen LogP contribution in [0.5, 0.6) is 0 Å². The molecule has 0 radical (unpaired) electrons. The molecule has 0 aliphatic rings. The van der Waals surface area contributed by atoms with Crippen molar-refractivity contribution in [1.29, 1.82) is 0 Å². The number of hydrogen-bond acceptors (Lipinski definition) is 3. The minimum absolute atomic E-state index is 1.03. The zero-order valence-electron chi connectivity index (χ0n) is 8.88. The van der Waals surface area contributed by atoms with E-state index < -0.39 is 0 Å². The Hall–Kier alpha value is -0.800. The predicted molar refractivity (Wildman–Crippen MR) is 58.4 cm³/mol. The van der Waals surface area contributed by atoms with E-state index in [1.807, 2.05) is 12.1 Å². The predicted octanol–water partition coefficient (Wildman–Crippen LogP) is 1.41. The molecular formula is C11H20N2O. The Morgan fingerprint density at radius 3 is 2.79 bits per heavy atom. The normalized spacial score (nSPS) is 10.6. The van der Waals surface area contributed by atoms with Crippen LogP contribution in [-0.2, 0) is 6.42 Å². The van der Waals surface area contributed by atoms with E-state index in [1.54, 1.807) is 6.26 Å². The SMILES string of the molecule is CCNCCNCCCc1ccco1. The van der Waals surface area contributed by atoms with Crippen molar-refractivity contribution in [3.63, 3.8) is 0 Å². The average molecular weight is 196 g/mol. The number of furan rings is 1. The number of nitrogens with one attached hydrogen (secondary N) is 2. The van der Waals surface area contributed by atoms with Gasteiger partial charge in [0.15, 0.2) is 0 Å². The van der Waals surface area contributed by atoms with Crippen molar-refractivity contribution in [2.75, 3.05) is 26.2 Å². The zero-order chi connectivity index (χ0) is 10.1. The Morgan fingerprint density at radius 2 is 2.07 bits per heavy atom. The summed E-state index contributed by atoms with van der Waals surface area (Å²) in [6.45, 7) is 6.33. The van der Waals surface area contributed by atoms with Crippen LogP contribution in [0.3, 0.4) is 0 Å². The minimum atomic E-state index is 1.03. The van der Waals surface area contributed by atoms with E-state index in [9.17, 15) is 0 Å². The van der Waals surface area contributed by atoms with Gasteiger partial charge in [-0.05, 0) is 31.6 Å². The molecule has 2 N–H and O–H groups in total. The van der Waals surface area contributed by atoms with Crippen LogP contribution < -0.4 is 10.6 Å². The fraction of sp³-hybridized carbons (Fsp3) is 0.636. The van der Waals surface area contributed by atoms with Crippen molar-refractivity contribution in [2.24, 2.45) is 0 Å². The largest absolute Gasteiger partial charge is 0.469 e. The van der Waals surface area contributed by atoms with Gasteiger partial charge < -0.3 is 15.1 Å². The second-order valence-corrected chi connectivity index (χ2v) is 3.29. The molecule has 0 saturated heterocycles. The van der Waals surface area contributed by atoms with Crippen molar-refractivity contribution in [2.45, 2.75) is 19.8 Å². The molecule has 1 rings (SSSR count). The van der Waals surface area contributed by atoms with Gasteiger partial charge in [0.1, 0.15) is 5.76 Å². The lowest BCUT2D eigenvalue weighted by atomic mass is 10.2. The second-order valence-electron chi connectivity index (χ2n) is 3.29. The summed E-state index contributed by atoms with van der Waals surface area (Å²) in [4.78, 5) is 0. The molecule has 0 bridgehead atoms. The summed E-state index contributed by atoms with van der Waals surface area (Å²) < 4.78 is 5.24. The van der Waals surface area contributed by atoms with Crippen molar-refractivity contribution >= 4 is 0 Å². The van der Waals surface area contributed by atoms with Gasteiger partial charge in [-0.3, -0.25) is 0 Å². The lowest BCUT2D eigenvalue weighted by molar-refractivity contribution is 0.495. The fourth-order valence-electron chi connectivity index (χ4n) is 1.32. The van der Waals surface area contributed by atoms with Crippen molar-refractivity contribution in [3.05, 3.63) is 24.2 Å². The molecule has 0 aromatic carbocycles. The molecule has 1 heterocycles. The van der Waals surface area contributed by atoms with Crippen LogP contribution in [0, 0.1) is 0 Å². The Labute approximate surface area is 85.9 Å². The first-order valence-corrected chi connectivity index (χ1v) is 5.37. The summed E-state index contributed by atoms with van der Waals surface area (Å²) >= 11 is 0. The first kappa shape index (κ1) is 11.3. The standard InChI is InChI=1S/C11H20N2O/c1-2-12-8-9-13-7-3-5-11-6-4-10-14-11/h4,6,10,12-13H,2-3,5,7-9H2,1H3. The number of hydrogen-bond donors (Lipinski definition) is 2. The summed E-state index contributed by atoms with van der Waals surface area (Å²) in [5.41, 5.74) is 0. The van der Waals surface area contributed by atoms with E-state index in [4.69, 9.17) is 4.42 Å².